The van der Waals surface area contributed by atoms with Gasteiger partial charge in [0.25, 0.3) is 0 Å². The predicted octanol–water partition coefficient (Wildman–Crippen LogP) is 4.92. The number of hydrogen-bond donors (Lipinski definition) is 2. The summed E-state index contributed by atoms with van der Waals surface area (Å²) in [6.45, 7) is 5.47. The predicted molar refractivity (Wildman–Crippen MR) is 124 cm³/mol. The van der Waals surface area contributed by atoms with Crippen LogP contribution < -0.4 is 10.0 Å². The van der Waals surface area contributed by atoms with Crippen molar-refractivity contribution in [3.8, 4) is 0 Å². The number of carbonyl (C=O) groups excluding carboxylic acids is 1. The van der Waals surface area contributed by atoms with Gasteiger partial charge in [-0.3, -0.25) is 4.79 Å². The molecule has 1 aliphatic rings. The standard InChI is InChI=1S/C23H30N2O3S2/c1-15(2)23(26)24-21-14-20(11-12-22(21)29-4)30(27,28)25-16(3)18-10-9-17-7-5-6-8-19(17)13-18/h9-16,25H,5-8H2,1-4H3,(H,24,26)/t16-/m1/s1. The van der Waals surface area contributed by atoms with Crippen molar-refractivity contribution in [2.75, 3.05) is 11.6 Å². The fourth-order valence-corrected chi connectivity index (χ4v) is 5.41. The molecule has 0 fully saturated rings. The number of rotatable bonds is 7. The smallest absolute Gasteiger partial charge is 0.241 e. The number of thioether (sulfide) groups is 1. The van der Waals surface area contributed by atoms with E-state index in [9.17, 15) is 13.2 Å². The third-order valence-corrected chi connectivity index (χ3v) is 7.80. The Morgan fingerprint density at radius 3 is 2.37 bits per heavy atom. The van der Waals surface area contributed by atoms with Crippen LogP contribution in [0.3, 0.4) is 0 Å². The van der Waals surface area contributed by atoms with Crippen LogP contribution in [0.25, 0.3) is 0 Å². The number of hydrogen-bond acceptors (Lipinski definition) is 4. The number of anilines is 1. The van der Waals surface area contributed by atoms with E-state index in [0.717, 1.165) is 23.3 Å². The first kappa shape index (κ1) is 22.8. The van der Waals surface area contributed by atoms with Gasteiger partial charge in [0.15, 0.2) is 0 Å². The van der Waals surface area contributed by atoms with Crippen LogP contribution >= 0.6 is 11.8 Å². The zero-order valence-corrected chi connectivity index (χ0v) is 19.6. The lowest BCUT2D eigenvalue weighted by Crippen LogP contribution is -2.27. The normalized spacial score (nSPS) is 15.0. The van der Waals surface area contributed by atoms with Gasteiger partial charge in [0.2, 0.25) is 15.9 Å². The van der Waals surface area contributed by atoms with Crippen LogP contribution in [0.5, 0.6) is 0 Å². The zero-order chi connectivity index (χ0) is 21.9. The van der Waals surface area contributed by atoms with Crippen molar-refractivity contribution in [1.29, 1.82) is 0 Å². The van der Waals surface area contributed by atoms with Crippen molar-refractivity contribution in [3.05, 3.63) is 53.1 Å². The van der Waals surface area contributed by atoms with E-state index in [1.165, 1.54) is 41.8 Å². The number of fused-ring (bicyclic) bond motifs is 1. The van der Waals surface area contributed by atoms with Crippen LogP contribution in [-0.2, 0) is 27.7 Å². The topological polar surface area (TPSA) is 75.3 Å². The fourth-order valence-electron chi connectivity index (χ4n) is 3.62. The Hall–Kier alpha value is -1.83. The number of amides is 1. The Bertz CT molecular complexity index is 1030. The van der Waals surface area contributed by atoms with Crippen molar-refractivity contribution in [3.63, 3.8) is 0 Å². The Morgan fingerprint density at radius 2 is 1.70 bits per heavy atom. The summed E-state index contributed by atoms with van der Waals surface area (Å²) >= 11 is 1.46. The number of sulfonamides is 1. The van der Waals surface area contributed by atoms with Gasteiger partial charge in [-0.15, -0.1) is 11.8 Å². The molecule has 1 atom stereocenters. The average Bonchev–Trinajstić information content (AvgIpc) is 2.72. The fraction of sp³-hybridized carbons (Fsp3) is 0.435. The highest BCUT2D eigenvalue weighted by Gasteiger charge is 2.21. The van der Waals surface area contributed by atoms with E-state index in [4.69, 9.17) is 0 Å². The van der Waals surface area contributed by atoms with Gasteiger partial charge in [-0.1, -0.05) is 32.0 Å². The van der Waals surface area contributed by atoms with Gasteiger partial charge in [-0.25, -0.2) is 13.1 Å². The molecule has 0 bridgehead atoms. The molecule has 0 aromatic heterocycles. The van der Waals surface area contributed by atoms with Crippen molar-refractivity contribution in [2.45, 2.75) is 62.3 Å². The summed E-state index contributed by atoms with van der Waals surface area (Å²) in [5, 5.41) is 2.84. The van der Waals surface area contributed by atoms with Gasteiger partial charge in [0.1, 0.15) is 0 Å². The van der Waals surface area contributed by atoms with Gasteiger partial charge in [-0.2, -0.15) is 0 Å². The first-order valence-electron chi connectivity index (χ1n) is 10.3. The molecule has 1 aliphatic carbocycles. The third kappa shape index (κ3) is 5.25. The molecule has 162 valence electrons. The lowest BCUT2D eigenvalue weighted by Gasteiger charge is -2.20. The maximum Gasteiger partial charge on any atom is 0.241 e. The number of nitrogens with one attached hydrogen (secondary N) is 2. The van der Waals surface area contributed by atoms with E-state index in [1.807, 2.05) is 19.2 Å². The first-order chi connectivity index (χ1) is 14.2. The second-order valence-corrected chi connectivity index (χ2v) is 10.6. The lowest BCUT2D eigenvalue weighted by atomic mass is 9.89. The molecule has 3 rings (SSSR count). The number of benzene rings is 2. The van der Waals surface area contributed by atoms with Crippen molar-refractivity contribution in [1.82, 2.24) is 4.72 Å². The van der Waals surface area contributed by atoms with Crippen molar-refractivity contribution < 1.29 is 13.2 Å². The first-order valence-corrected chi connectivity index (χ1v) is 13.0. The summed E-state index contributed by atoms with van der Waals surface area (Å²) in [5.41, 5.74) is 4.19. The molecule has 2 aromatic carbocycles. The van der Waals surface area contributed by atoms with Crippen molar-refractivity contribution >= 4 is 33.4 Å². The molecule has 0 spiro atoms. The van der Waals surface area contributed by atoms with Gasteiger partial charge in [0, 0.05) is 16.9 Å². The molecule has 1 amide bonds. The van der Waals surface area contributed by atoms with E-state index < -0.39 is 10.0 Å². The van der Waals surface area contributed by atoms with Crippen LogP contribution in [-0.4, -0.2) is 20.6 Å². The van der Waals surface area contributed by atoms with Crippen LogP contribution in [0, 0.1) is 5.92 Å². The summed E-state index contributed by atoms with van der Waals surface area (Å²) in [4.78, 5) is 13.1. The Labute approximate surface area is 184 Å². The highest BCUT2D eigenvalue weighted by Crippen LogP contribution is 2.30. The summed E-state index contributed by atoms with van der Waals surface area (Å²) < 4.78 is 28.9. The number of aryl methyl sites for hydroxylation is 2. The average molecular weight is 447 g/mol. The minimum Gasteiger partial charge on any atom is -0.325 e. The summed E-state index contributed by atoms with van der Waals surface area (Å²) in [7, 11) is -3.74. The highest BCUT2D eigenvalue weighted by molar-refractivity contribution is 7.98. The Morgan fingerprint density at radius 1 is 1.00 bits per heavy atom. The van der Waals surface area contributed by atoms with Crippen LogP contribution in [0.15, 0.2) is 46.2 Å². The largest absolute Gasteiger partial charge is 0.325 e. The summed E-state index contributed by atoms with van der Waals surface area (Å²) in [6, 6.07) is 10.8. The van der Waals surface area contributed by atoms with Gasteiger partial charge in [-0.05, 0) is 73.8 Å². The molecular weight excluding hydrogens is 416 g/mol. The maximum atomic E-state index is 13.0. The number of carbonyl (C=O) groups is 1. The third-order valence-electron chi connectivity index (χ3n) is 5.47. The van der Waals surface area contributed by atoms with E-state index in [0.29, 0.717) is 5.69 Å². The second-order valence-electron chi connectivity index (χ2n) is 8.08. The Balaban J connectivity index is 1.83. The highest BCUT2D eigenvalue weighted by atomic mass is 32.2. The summed E-state index contributed by atoms with van der Waals surface area (Å²) in [6.07, 6.45) is 6.45. The van der Waals surface area contributed by atoms with E-state index in [1.54, 1.807) is 26.0 Å². The molecule has 0 radical (unpaired) electrons. The second kappa shape index (κ2) is 9.54. The van der Waals surface area contributed by atoms with E-state index in [2.05, 4.69) is 22.2 Å². The molecule has 7 heteroatoms. The van der Waals surface area contributed by atoms with Gasteiger partial charge >= 0.3 is 0 Å². The molecule has 2 aromatic rings. The van der Waals surface area contributed by atoms with E-state index >= 15 is 0 Å². The van der Waals surface area contributed by atoms with Crippen LogP contribution in [0.4, 0.5) is 5.69 Å². The lowest BCUT2D eigenvalue weighted by molar-refractivity contribution is -0.118. The zero-order valence-electron chi connectivity index (χ0n) is 18.0. The minimum atomic E-state index is -3.74. The van der Waals surface area contributed by atoms with E-state index in [-0.39, 0.29) is 22.8 Å². The van der Waals surface area contributed by atoms with Crippen molar-refractivity contribution in [2.24, 2.45) is 5.92 Å². The van der Waals surface area contributed by atoms with Crippen LogP contribution in [0.1, 0.15) is 56.3 Å². The molecule has 5 nitrogen and oxygen atoms in total. The molecule has 0 unspecified atom stereocenters. The Kier molecular flexibility index (Phi) is 7.26. The molecule has 0 saturated carbocycles. The SMILES string of the molecule is CSc1ccc(S(=O)(=O)N[C@H](C)c2ccc3c(c2)CCCC3)cc1NC(=O)C(C)C. The molecule has 0 saturated heterocycles. The minimum absolute atomic E-state index is 0.143. The maximum absolute atomic E-state index is 13.0. The quantitative estimate of drug-likeness (QED) is 0.592. The summed E-state index contributed by atoms with van der Waals surface area (Å²) in [5.74, 6) is -0.336. The molecule has 2 N–H and O–H groups in total. The van der Waals surface area contributed by atoms with Crippen LogP contribution in [0.2, 0.25) is 0 Å². The molecule has 0 aliphatic heterocycles. The molecule has 30 heavy (non-hydrogen) atoms. The monoisotopic (exact) mass is 446 g/mol. The van der Waals surface area contributed by atoms with Gasteiger partial charge in [0.05, 0.1) is 10.6 Å². The molecule has 0 heterocycles. The van der Waals surface area contributed by atoms with Gasteiger partial charge < -0.3 is 5.32 Å². The molecular formula is C23H30N2O3S2.